The molecule has 1 heterocycles. The third-order valence-electron chi connectivity index (χ3n) is 2.93. The molecule has 1 aromatic carbocycles. The SMILES string of the molecule is CCCNC(c1ncc(C)cn1)c1cc(Cl)ccc1Cl. The summed E-state index contributed by atoms with van der Waals surface area (Å²) >= 11 is 12.4. The van der Waals surface area contributed by atoms with Gasteiger partial charge in [-0.2, -0.15) is 0 Å². The number of aryl methyl sites for hydroxylation is 1. The Morgan fingerprint density at radius 2 is 1.90 bits per heavy atom. The van der Waals surface area contributed by atoms with Gasteiger partial charge in [0.1, 0.15) is 5.82 Å². The summed E-state index contributed by atoms with van der Waals surface area (Å²) in [5.41, 5.74) is 1.93. The molecule has 2 aromatic rings. The molecule has 0 fully saturated rings. The highest BCUT2D eigenvalue weighted by molar-refractivity contribution is 6.33. The van der Waals surface area contributed by atoms with Crippen molar-refractivity contribution in [2.24, 2.45) is 0 Å². The number of halogens is 2. The minimum Gasteiger partial charge on any atom is -0.304 e. The van der Waals surface area contributed by atoms with Gasteiger partial charge in [-0.05, 0) is 49.2 Å². The van der Waals surface area contributed by atoms with Crippen molar-refractivity contribution < 1.29 is 0 Å². The van der Waals surface area contributed by atoms with Crippen molar-refractivity contribution in [3.63, 3.8) is 0 Å². The Bertz CT molecular complexity index is 570. The summed E-state index contributed by atoms with van der Waals surface area (Å²) in [5, 5.41) is 4.73. The second-order valence-corrected chi connectivity index (χ2v) is 5.52. The minimum atomic E-state index is -0.151. The van der Waals surface area contributed by atoms with Crippen LogP contribution in [0.25, 0.3) is 0 Å². The van der Waals surface area contributed by atoms with Crippen LogP contribution in [0.2, 0.25) is 10.0 Å². The Hall–Kier alpha value is -1.16. The van der Waals surface area contributed by atoms with E-state index in [1.807, 2.05) is 13.0 Å². The van der Waals surface area contributed by atoms with Gasteiger partial charge in [0, 0.05) is 22.4 Å². The molecule has 0 aliphatic heterocycles. The number of hydrogen-bond donors (Lipinski definition) is 1. The van der Waals surface area contributed by atoms with Crippen molar-refractivity contribution in [1.82, 2.24) is 15.3 Å². The molecule has 0 saturated heterocycles. The van der Waals surface area contributed by atoms with Gasteiger partial charge in [0.05, 0.1) is 6.04 Å². The van der Waals surface area contributed by atoms with E-state index in [0.717, 1.165) is 24.1 Å². The fourth-order valence-electron chi connectivity index (χ4n) is 1.92. The van der Waals surface area contributed by atoms with Gasteiger partial charge in [-0.1, -0.05) is 30.1 Å². The molecular weight excluding hydrogens is 293 g/mol. The first kappa shape index (κ1) is 15.2. The van der Waals surface area contributed by atoms with Crippen molar-refractivity contribution in [1.29, 1.82) is 0 Å². The van der Waals surface area contributed by atoms with Gasteiger partial charge in [-0.3, -0.25) is 0 Å². The van der Waals surface area contributed by atoms with Gasteiger partial charge in [0.2, 0.25) is 0 Å². The predicted octanol–water partition coefficient (Wildman–Crippen LogP) is 4.18. The van der Waals surface area contributed by atoms with Crippen LogP contribution < -0.4 is 5.32 Å². The van der Waals surface area contributed by atoms with E-state index in [1.54, 1.807) is 24.5 Å². The monoisotopic (exact) mass is 309 g/mol. The van der Waals surface area contributed by atoms with Gasteiger partial charge >= 0.3 is 0 Å². The maximum absolute atomic E-state index is 6.30. The molecule has 0 aliphatic rings. The topological polar surface area (TPSA) is 37.8 Å². The van der Waals surface area contributed by atoms with Gasteiger partial charge in [0.25, 0.3) is 0 Å². The van der Waals surface area contributed by atoms with Crippen molar-refractivity contribution in [2.75, 3.05) is 6.54 Å². The van der Waals surface area contributed by atoms with E-state index in [1.165, 1.54) is 0 Å². The first-order valence-corrected chi connectivity index (χ1v) is 7.34. The number of rotatable bonds is 5. The van der Waals surface area contributed by atoms with Crippen molar-refractivity contribution in [3.8, 4) is 0 Å². The highest BCUT2D eigenvalue weighted by Gasteiger charge is 2.19. The second kappa shape index (κ2) is 7.02. The Morgan fingerprint density at radius 3 is 2.55 bits per heavy atom. The smallest absolute Gasteiger partial charge is 0.149 e. The molecule has 5 heteroatoms. The average Bonchev–Trinajstić information content (AvgIpc) is 2.44. The minimum absolute atomic E-state index is 0.151. The van der Waals surface area contributed by atoms with E-state index in [0.29, 0.717) is 15.9 Å². The average molecular weight is 310 g/mol. The molecular formula is C15H17Cl2N3. The van der Waals surface area contributed by atoms with Crippen LogP contribution in [0.4, 0.5) is 0 Å². The maximum Gasteiger partial charge on any atom is 0.149 e. The number of nitrogens with one attached hydrogen (secondary N) is 1. The summed E-state index contributed by atoms with van der Waals surface area (Å²) in [7, 11) is 0. The standard InChI is InChI=1S/C15H17Cl2N3/c1-3-6-18-14(15-19-8-10(2)9-20-15)12-7-11(16)4-5-13(12)17/h4-5,7-9,14,18H,3,6H2,1-2H3. The zero-order valence-corrected chi connectivity index (χ0v) is 13.0. The summed E-state index contributed by atoms with van der Waals surface area (Å²) in [6, 6.07) is 5.29. The largest absolute Gasteiger partial charge is 0.304 e. The third-order valence-corrected chi connectivity index (χ3v) is 3.51. The summed E-state index contributed by atoms with van der Waals surface area (Å²) < 4.78 is 0. The van der Waals surface area contributed by atoms with Gasteiger partial charge in [-0.15, -0.1) is 0 Å². The molecule has 0 saturated carbocycles. The molecule has 106 valence electrons. The molecule has 2 rings (SSSR count). The zero-order valence-electron chi connectivity index (χ0n) is 11.5. The summed E-state index contributed by atoms with van der Waals surface area (Å²) in [5.74, 6) is 0.702. The molecule has 0 bridgehead atoms. The van der Waals surface area contributed by atoms with E-state index in [-0.39, 0.29) is 6.04 Å². The molecule has 1 unspecified atom stereocenters. The Labute approximate surface area is 129 Å². The van der Waals surface area contributed by atoms with E-state index in [2.05, 4.69) is 22.2 Å². The molecule has 1 aromatic heterocycles. The number of nitrogens with zero attached hydrogens (tertiary/aromatic N) is 2. The van der Waals surface area contributed by atoms with Crippen LogP contribution in [-0.4, -0.2) is 16.5 Å². The van der Waals surface area contributed by atoms with Crippen LogP contribution in [-0.2, 0) is 0 Å². The van der Waals surface area contributed by atoms with Crippen molar-refractivity contribution in [2.45, 2.75) is 26.3 Å². The molecule has 0 amide bonds. The second-order valence-electron chi connectivity index (χ2n) is 4.67. The lowest BCUT2D eigenvalue weighted by Gasteiger charge is -2.19. The first-order valence-electron chi connectivity index (χ1n) is 6.58. The number of benzene rings is 1. The van der Waals surface area contributed by atoms with Crippen LogP contribution in [0.5, 0.6) is 0 Å². The fraction of sp³-hybridized carbons (Fsp3) is 0.333. The Balaban J connectivity index is 2.41. The molecule has 1 N–H and O–H groups in total. The van der Waals surface area contributed by atoms with E-state index in [9.17, 15) is 0 Å². The lowest BCUT2D eigenvalue weighted by Crippen LogP contribution is -2.25. The van der Waals surface area contributed by atoms with E-state index >= 15 is 0 Å². The first-order chi connectivity index (χ1) is 9.61. The summed E-state index contributed by atoms with van der Waals surface area (Å²) in [6.45, 7) is 4.93. The molecule has 0 aliphatic carbocycles. The molecule has 0 spiro atoms. The summed E-state index contributed by atoms with van der Waals surface area (Å²) in [6.07, 6.45) is 4.63. The fourth-order valence-corrected chi connectivity index (χ4v) is 2.32. The van der Waals surface area contributed by atoms with E-state index < -0.39 is 0 Å². The quantitative estimate of drug-likeness (QED) is 0.900. The number of hydrogen-bond acceptors (Lipinski definition) is 3. The van der Waals surface area contributed by atoms with Crippen LogP contribution in [0, 0.1) is 6.92 Å². The zero-order chi connectivity index (χ0) is 14.5. The highest BCUT2D eigenvalue weighted by Crippen LogP contribution is 2.29. The highest BCUT2D eigenvalue weighted by atomic mass is 35.5. The summed E-state index contributed by atoms with van der Waals surface area (Å²) in [4.78, 5) is 8.81. The molecule has 20 heavy (non-hydrogen) atoms. The molecule has 0 radical (unpaired) electrons. The lowest BCUT2D eigenvalue weighted by molar-refractivity contribution is 0.571. The van der Waals surface area contributed by atoms with Crippen LogP contribution >= 0.6 is 23.2 Å². The lowest BCUT2D eigenvalue weighted by atomic mass is 10.1. The normalized spacial score (nSPS) is 12.4. The van der Waals surface area contributed by atoms with E-state index in [4.69, 9.17) is 23.2 Å². The van der Waals surface area contributed by atoms with Crippen LogP contribution in [0.15, 0.2) is 30.6 Å². The van der Waals surface area contributed by atoms with Gasteiger partial charge in [-0.25, -0.2) is 9.97 Å². The van der Waals surface area contributed by atoms with Crippen LogP contribution in [0.1, 0.15) is 36.3 Å². The predicted molar refractivity (Wildman–Crippen MR) is 83.4 cm³/mol. The van der Waals surface area contributed by atoms with Gasteiger partial charge in [0.15, 0.2) is 0 Å². The number of aromatic nitrogens is 2. The van der Waals surface area contributed by atoms with Crippen molar-refractivity contribution >= 4 is 23.2 Å². The van der Waals surface area contributed by atoms with Crippen molar-refractivity contribution in [3.05, 3.63) is 57.6 Å². The van der Waals surface area contributed by atoms with Gasteiger partial charge < -0.3 is 5.32 Å². The Morgan fingerprint density at radius 1 is 1.20 bits per heavy atom. The maximum atomic E-state index is 6.30. The molecule has 3 nitrogen and oxygen atoms in total. The molecule has 1 atom stereocenters. The Kier molecular flexibility index (Phi) is 5.35. The van der Waals surface area contributed by atoms with Crippen LogP contribution in [0.3, 0.4) is 0 Å². The third kappa shape index (κ3) is 3.69.